The molecule has 0 spiro atoms. The van der Waals surface area contributed by atoms with Crippen molar-refractivity contribution in [3.8, 4) is 0 Å². The number of nitrogens with zero attached hydrogens (tertiary/aromatic N) is 2. The highest BCUT2D eigenvalue weighted by Gasteiger charge is 2.27. The van der Waals surface area contributed by atoms with Crippen molar-refractivity contribution in [2.45, 2.75) is 39.5 Å². The molecule has 2 heterocycles. The van der Waals surface area contributed by atoms with E-state index in [1.165, 1.54) is 0 Å². The van der Waals surface area contributed by atoms with Gasteiger partial charge in [0.25, 0.3) is 0 Å². The number of likely N-dealkylation sites (tertiary alicyclic amines) is 1. The first-order chi connectivity index (χ1) is 11.9. The number of carboxylic acids is 1. The van der Waals surface area contributed by atoms with Crippen LogP contribution in [0.25, 0.3) is 10.9 Å². The molecule has 0 saturated carbocycles. The molecule has 1 saturated heterocycles. The van der Waals surface area contributed by atoms with Crippen molar-refractivity contribution in [3.63, 3.8) is 0 Å². The largest absolute Gasteiger partial charge is 0.481 e. The molecule has 0 radical (unpaired) electrons. The van der Waals surface area contributed by atoms with Gasteiger partial charge in [-0.2, -0.15) is 5.10 Å². The van der Waals surface area contributed by atoms with Gasteiger partial charge in [-0.25, -0.2) is 0 Å². The minimum absolute atomic E-state index is 0.0413. The number of hydrogen-bond donors (Lipinski definition) is 2. The molecular formula is C19H25N3O3. The number of aromatic amines is 1. The summed E-state index contributed by atoms with van der Waals surface area (Å²) >= 11 is 0. The fourth-order valence-electron chi connectivity index (χ4n) is 3.56. The lowest BCUT2D eigenvalue weighted by atomic mass is 9.93. The summed E-state index contributed by atoms with van der Waals surface area (Å²) in [5.41, 5.74) is 2.93. The SMILES string of the molecule is Cc1cc(CC(CC(=O)N2CCC(C)CC2)C(=O)O)cc2cn[nH]c12. The number of carbonyl (C=O) groups excluding carboxylic acids is 1. The van der Waals surface area contributed by atoms with Crippen LogP contribution in [0, 0.1) is 18.8 Å². The second-order valence-corrected chi connectivity index (χ2v) is 7.25. The summed E-state index contributed by atoms with van der Waals surface area (Å²) in [5, 5.41) is 17.5. The number of nitrogens with one attached hydrogen (secondary N) is 1. The van der Waals surface area contributed by atoms with E-state index in [1.54, 1.807) is 6.20 Å². The number of carbonyl (C=O) groups is 2. The summed E-state index contributed by atoms with van der Waals surface area (Å²) in [6, 6.07) is 3.93. The van der Waals surface area contributed by atoms with Gasteiger partial charge in [-0.3, -0.25) is 14.7 Å². The smallest absolute Gasteiger partial charge is 0.307 e. The number of H-pyrrole nitrogens is 1. The quantitative estimate of drug-likeness (QED) is 0.874. The fourth-order valence-corrected chi connectivity index (χ4v) is 3.56. The van der Waals surface area contributed by atoms with Crippen molar-refractivity contribution in [2.24, 2.45) is 11.8 Å². The van der Waals surface area contributed by atoms with Crippen molar-refractivity contribution in [1.29, 1.82) is 0 Å². The number of amides is 1. The number of aliphatic carboxylic acids is 1. The van der Waals surface area contributed by atoms with Gasteiger partial charge in [0.1, 0.15) is 0 Å². The van der Waals surface area contributed by atoms with Crippen molar-refractivity contribution < 1.29 is 14.7 Å². The van der Waals surface area contributed by atoms with Crippen LogP contribution in [-0.2, 0) is 16.0 Å². The Morgan fingerprint density at radius 3 is 2.76 bits per heavy atom. The number of carboxylic acid groups (broad SMARTS) is 1. The minimum Gasteiger partial charge on any atom is -0.481 e. The van der Waals surface area contributed by atoms with E-state index in [4.69, 9.17) is 0 Å². The highest BCUT2D eigenvalue weighted by atomic mass is 16.4. The first-order valence-corrected chi connectivity index (χ1v) is 8.87. The van der Waals surface area contributed by atoms with Gasteiger partial charge >= 0.3 is 5.97 Å². The molecule has 1 aromatic heterocycles. The maximum Gasteiger partial charge on any atom is 0.307 e. The molecule has 0 bridgehead atoms. The zero-order valence-corrected chi connectivity index (χ0v) is 14.8. The van der Waals surface area contributed by atoms with Crippen LogP contribution in [0.15, 0.2) is 18.3 Å². The average Bonchev–Trinajstić information content (AvgIpc) is 3.03. The van der Waals surface area contributed by atoms with Crippen LogP contribution in [0.1, 0.15) is 37.3 Å². The van der Waals surface area contributed by atoms with E-state index >= 15 is 0 Å². The number of aromatic nitrogens is 2. The van der Waals surface area contributed by atoms with Gasteiger partial charge in [0.2, 0.25) is 5.91 Å². The highest BCUT2D eigenvalue weighted by molar-refractivity contribution is 5.84. The number of fused-ring (bicyclic) bond motifs is 1. The number of aryl methyl sites for hydroxylation is 1. The van der Waals surface area contributed by atoms with E-state index < -0.39 is 11.9 Å². The summed E-state index contributed by atoms with van der Waals surface area (Å²) < 4.78 is 0. The number of hydrogen-bond acceptors (Lipinski definition) is 3. The van der Waals surface area contributed by atoms with Crippen LogP contribution >= 0.6 is 0 Å². The van der Waals surface area contributed by atoms with Crippen LogP contribution in [0.4, 0.5) is 0 Å². The molecule has 1 aliphatic heterocycles. The molecule has 1 aliphatic rings. The Bertz CT molecular complexity index is 775. The van der Waals surface area contributed by atoms with E-state index in [0.29, 0.717) is 12.3 Å². The molecule has 1 unspecified atom stereocenters. The maximum atomic E-state index is 12.5. The monoisotopic (exact) mass is 343 g/mol. The Hall–Kier alpha value is -2.37. The van der Waals surface area contributed by atoms with Gasteiger partial charge in [0.05, 0.1) is 17.6 Å². The molecule has 134 valence electrons. The van der Waals surface area contributed by atoms with Crippen LogP contribution in [0.5, 0.6) is 0 Å². The number of piperidine rings is 1. The van der Waals surface area contributed by atoms with Gasteiger partial charge in [-0.1, -0.05) is 13.0 Å². The van der Waals surface area contributed by atoms with Crippen LogP contribution in [0.2, 0.25) is 0 Å². The van der Waals surface area contributed by atoms with Crippen LogP contribution in [0.3, 0.4) is 0 Å². The third-order valence-electron chi connectivity index (χ3n) is 5.19. The Labute approximate surface area is 147 Å². The maximum absolute atomic E-state index is 12.5. The van der Waals surface area contributed by atoms with E-state index in [2.05, 4.69) is 17.1 Å². The number of rotatable bonds is 5. The molecule has 3 rings (SSSR count). The van der Waals surface area contributed by atoms with E-state index in [9.17, 15) is 14.7 Å². The molecule has 6 heteroatoms. The molecule has 1 fully saturated rings. The van der Waals surface area contributed by atoms with Gasteiger partial charge in [-0.15, -0.1) is 0 Å². The molecule has 1 aromatic carbocycles. The highest BCUT2D eigenvalue weighted by Crippen LogP contribution is 2.23. The first kappa shape index (κ1) is 17.5. The van der Waals surface area contributed by atoms with E-state index in [1.807, 2.05) is 24.0 Å². The van der Waals surface area contributed by atoms with Crippen molar-refractivity contribution >= 4 is 22.8 Å². The third-order valence-corrected chi connectivity index (χ3v) is 5.19. The fraction of sp³-hybridized carbons (Fsp3) is 0.526. The van der Waals surface area contributed by atoms with Crippen molar-refractivity contribution in [3.05, 3.63) is 29.5 Å². The summed E-state index contributed by atoms with van der Waals surface area (Å²) in [6.07, 6.45) is 4.15. The standard InChI is InChI=1S/C19H25N3O3/c1-12-3-5-22(6-4-12)17(23)10-15(19(24)25)8-14-7-13(2)18-16(9-14)11-20-21-18/h7,9,11-12,15H,3-6,8,10H2,1-2H3,(H,20,21)(H,24,25). The molecule has 1 amide bonds. The lowest BCUT2D eigenvalue weighted by molar-refractivity contribution is -0.146. The topological polar surface area (TPSA) is 86.3 Å². The zero-order chi connectivity index (χ0) is 18.0. The van der Waals surface area contributed by atoms with Crippen LogP contribution in [-0.4, -0.2) is 45.2 Å². The summed E-state index contributed by atoms with van der Waals surface area (Å²) in [5.74, 6) is -1.01. The summed E-state index contributed by atoms with van der Waals surface area (Å²) in [4.78, 5) is 26.0. The summed E-state index contributed by atoms with van der Waals surface area (Å²) in [6.45, 7) is 5.65. The molecular weight excluding hydrogens is 318 g/mol. The number of benzene rings is 1. The normalized spacial score (nSPS) is 17.0. The van der Waals surface area contributed by atoms with Gasteiger partial charge < -0.3 is 10.0 Å². The molecule has 1 atom stereocenters. The molecule has 2 aromatic rings. The van der Waals surface area contributed by atoms with Crippen LogP contribution < -0.4 is 0 Å². The Kier molecular flexibility index (Phi) is 5.06. The van der Waals surface area contributed by atoms with Crippen molar-refractivity contribution in [2.75, 3.05) is 13.1 Å². The molecule has 2 N–H and O–H groups in total. The Balaban J connectivity index is 1.70. The zero-order valence-electron chi connectivity index (χ0n) is 14.8. The van der Waals surface area contributed by atoms with E-state index in [-0.39, 0.29) is 12.3 Å². The summed E-state index contributed by atoms with van der Waals surface area (Å²) in [7, 11) is 0. The van der Waals surface area contributed by atoms with Crippen molar-refractivity contribution in [1.82, 2.24) is 15.1 Å². The predicted molar refractivity (Wildman–Crippen MR) is 95.3 cm³/mol. The lowest BCUT2D eigenvalue weighted by Crippen LogP contribution is -2.39. The van der Waals surface area contributed by atoms with E-state index in [0.717, 1.165) is 48.0 Å². The third kappa shape index (κ3) is 4.00. The second-order valence-electron chi connectivity index (χ2n) is 7.25. The second kappa shape index (κ2) is 7.25. The Morgan fingerprint density at radius 2 is 2.08 bits per heavy atom. The average molecular weight is 343 g/mol. The first-order valence-electron chi connectivity index (χ1n) is 8.87. The lowest BCUT2D eigenvalue weighted by Gasteiger charge is -2.31. The molecule has 0 aliphatic carbocycles. The Morgan fingerprint density at radius 1 is 1.36 bits per heavy atom. The molecule has 25 heavy (non-hydrogen) atoms. The molecule has 6 nitrogen and oxygen atoms in total. The predicted octanol–water partition coefficient (Wildman–Crippen LogP) is 2.76. The van der Waals surface area contributed by atoms with Gasteiger partial charge in [0.15, 0.2) is 0 Å². The minimum atomic E-state index is -0.913. The van der Waals surface area contributed by atoms with Gasteiger partial charge in [0, 0.05) is 24.9 Å². The van der Waals surface area contributed by atoms with Gasteiger partial charge in [-0.05, 0) is 49.3 Å².